The van der Waals surface area contributed by atoms with Crippen molar-refractivity contribution in [3.63, 3.8) is 0 Å². The number of amides is 1. The average Bonchev–Trinajstić information content (AvgIpc) is 2.96. The predicted octanol–water partition coefficient (Wildman–Crippen LogP) is 1.29. The standard InChI is InChI=1S/C18H24N4O4/c19-16(20)9-12-1-3-14(4-2-12)22-11-15(26-18(22)25)10-21-7-5-13(6-8-21)17(23)24/h1-4,13,15H,5-11H2,(H3,19,20)(H,23,24)/t15-/m0/s1. The number of carboxylic acids is 1. The molecule has 2 aliphatic heterocycles. The number of nitrogens with zero attached hydrogens (tertiary/aromatic N) is 2. The second-order valence-electron chi connectivity index (χ2n) is 6.90. The monoisotopic (exact) mass is 360 g/mol. The number of amidine groups is 1. The number of hydrogen-bond donors (Lipinski definition) is 3. The molecule has 1 atom stereocenters. The summed E-state index contributed by atoms with van der Waals surface area (Å²) in [6, 6.07) is 7.38. The average molecular weight is 360 g/mol. The summed E-state index contributed by atoms with van der Waals surface area (Å²) < 4.78 is 5.48. The highest BCUT2D eigenvalue weighted by Crippen LogP contribution is 2.24. The lowest BCUT2D eigenvalue weighted by Gasteiger charge is -2.31. The van der Waals surface area contributed by atoms with Gasteiger partial charge in [-0.3, -0.25) is 20.0 Å². The van der Waals surface area contributed by atoms with Gasteiger partial charge in [0.15, 0.2) is 0 Å². The van der Waals surface area contributed by atoms with E-state index in [0.29, 0.717) is 45.4 Å². The first kappa shape index (κ1) is 18.2. The van der Waals surface area contributed by atoms with Gasteiger partial charge in [0.1, 0.15) is 6.10 Å². The number of ether oxygens (including phenoxy) is 1. The fourth-order valence-electron chi connectivity index (χ4n) is 3.49. The number of benzene rings is 1. The van der Waals surface area contributed by atoms with Crippen molar-refractivity contribution in [2.24, 2.45) is 11.7 Å². The summed E-state index contributed by atoms with van der Waals surface area (Å²) in [6.45, 7) is 2.52. The van der Waals surface area contributed by atoms with Gasteiger partial charge in [-0.05, 0) is 43.6 Å². The van der Waals surface area contributed by atoms with Gasteiger partial charge in [-0.2, -0.15) is 0 Å². The Hall–Kier alpha value is -2.61. The molecule has 0 radical (unpaired) electrons. The van der Waals surface area contributed by atoms with Crippen molar-refractivity contribution in [1.29, 1.82) is 5.41 Å². The van der Waals surface area contributed by atoms with Crippen LogP contribution >= 0.6 is 0 Å². The molecule has 2 heterocycles. The van der Waals surface area contributed by atoms with E-state index in [-0.39, 0.29) is 24.0 Å². The topological polar surface area (TPSA) is 120 Å². The number of carbonyl (C=O) groups is 2. The molecule has 0 aromatic heterocycles. The molecule has 0 bridgehead atoms. The third-order valence-corrected chi connectivity index (χ3v) is 4.92. The number of rotatable bonds is 6. The van der Waals surface area contributed by atoms with Crippen LogP contribution in [0.1, 0.15) is 18.4 Å². The van der Waals surface area contributed by atoms with Crippen LogP contribution < -0.4 is 10.6 Å². The summed E-state index contributed by atoms with van der Waals surface area (Å²) in [7, 11) is 0. The van der Waals surface area contributed by atoms with E-state index in [4.69, 9.17) is 21.0 Å². The largest absolute Gasteiger partial charge is 0.481 e. The molecule has 140 valence electrons. The van der Waals surface area contributed by atoms with Gasteiger partial charge in [0.25, 0.3) is 0 Å². The molecule has 8 heteroatoms. The SMILES string of the molecule is N=C(N)Cc1ccc(N2C[C@H](CN3CCC(C(=O)O)CC3)OC2=O)cc1. The number of likely N-dealkylation sites (tertiary alicyclic amines) is 1. The second kappa shape index (κ2) is 7.74. The molecule has 26 heavy (non-hydrogen) atoms. The minimum atomic E-state index is -0.726. The van der Waals surface area contributed by atoms with Gasteiger partial charge in [0.2, 0.25) is 0 Å². The van der Waals surface area contributed by atoms with E-state index in [1.807, 2.05) is 24.3 Å². The van der Waals surface area contributed by atoms with Crippen LogP contribution in [0.4, 0.5) is 10.5 Å². The summed E-state index contributed by atoms with van der Waals surface area (Å²) in [5, 5.41) is 16.4. The number of piperidine rings is 1. The Kier molecular flexibility index (Phi) is 5.41. The van der Waals surface area contributed by atoms with Gasteiger partial charge in [0.05, 0.1) is 18.3 Å². The fraction of sp³-hybridized carbons (Fsp3) is 0.500. The normalized spacial score (nSPS) is 21.6. The van der Waals surface area contributed by atoms with E-state index < -0.39 is 5.97 Å². The van der Waals surface area contributed by atoms with Crippen molar-refractivity contribution < 1.29 is 19.4 Å². The van der Waals surface area contributed by atoms with Gasteiger partial charge in [-0.15, -0.1) is 0 Å². The molecule has 4 N–H and O–H groups in total. The van der Waals surface area contributed by atoms with Gasteiger partial charge < -0.3 is 15.6 Å². The van der Waals surface area contributed by atoms with Crippen molar-refractivity contribution >= 4 is 23.6 Å². The lowest BCUT2D eigenvalue weighted by atomic mass is 9.97. The van der Waals surface area contributed by atoms with Crippen LogP contribution in [0.25, 0.3) is 0 Å². The molecule has 1 aromatic carbocycles. The summed E-state index contributed by atoms with van der Waals surface area (Å²) in [6.07, 6.45) is 1.07. The Morgan fingerprint density at radius 2 is 1.92 bits per heavy atom. The van der Waals surface area contributed by atoms with Crippen molar-refractivity contribution in [3.8, 4) is 0 Å². The van der Waals surface area contributed by atoms with Crippen LogP contribution in [0.2, 0.25) is 0 Å². The molecule has 1 amide bonds. The molecule has 1 aromatic rings. The van der Waals surface area contributed by atoms with Crippen LogP contribution in [0, 0.1) is 11.3 Å². The maximum Gasteiger partial charge on any atom is 0.414 e. The molecular formula is C18H24N4O4. The fourth-order valence-corrected chi connectivity index (χ4v) is 3.49. The number of anilines is 1. The summed E-state index contributed by atoms with van der Waals surface area (Å²) >= 11 is 0. The third-order valence-electron chi connectivity index (χ3n) is 4.92. The van der Waals surface area contributed by atoms with Crippen molar-refractivity contribution in [3.05, 3.63) is 29.8 Å². The molecule has 0 aliphatic carbocycles. The van der Waals surface area contributed by atoms with Gasteiger partial charge >= 0.3 is 12.1 Å². The van der Waals surface area contributed by atoms with E-state index in [9.17, 15) is 9.59 Å². The van der Waals surface area contributed by atoms with Crippen LogP contribution in [0.3, 0.4) is 0 Å². The van der Waals surface area contributed by atoms with Crippen LogP contribution in [-0.2, 0) is 16.0 Å². The zero-order valence-corrected chi connectivity index (χ0v) is 14.6. The molecule has 0 spiro atoms. The smallest absolute Gasteiger partial charge is 0.414 e. The van der Waals surface area contributed by atoms with Gasteiger partial charge in [-0.25, -0.2) is 4.79 Å². The summed E-state index contributed by atoms with van der Waals surface area (Å²) in [5.41, 5.74) is 7.08. The molecule has 2 aliphatic rings. The first-order valence-corrected chi connectivity index (χ1v) is 8.77. The van der Waals surface area contributed by atoms with E-state index in [1.54, 1.807) is 4.90 Å². The number of carboxylic acid groups (broad SMARTS) is 1. The molecule has 2 saturated heterocycles. The number of aliphatic carboxylic acids is 1. The number of nitrogens with two attached hydrogens (primary N) is 1. The molecule has 3 rings (SSSR count). The van der Waals surface area contributed by atoms with E-state index in [2.05, 4.69) is 4.90 Å². The maximum absolute atomic E-state index is 12.2. The zero-order chi connectivity index (χ0) is 18.7. The highest BCUT2D eigenvalue weighted by Gasteiger charge is 2.34. The van der Waals surface area contributed by atoms with Crippen molar-refractivity contribution in [1.82, 2.24) is 4.90 Å². The molecule has 0 unspecified atom stereocenters. The van der Waals surface area contributed by atoms with Crippen LogP contribution in [0.5, 0.6) is 0 Å². The minimum absolute atomic E-state index is 0.102. The molecular weight excluding hydrogens is 336 g/mol. The Bertz CT molecular complexity index is 683. The lowest BCUT2D eigenvalue weighted by molar-refractivity contribution is -0.143. The molecule has 0 saturated carbocycles. The number of carbonyl (C=O) groups excluding carboxylic acids is 1. The highest BCUT2D eigenvalue weighted by atomic mass is 16.6. The lowest BCUT2D eigenvalue weighted by Crippen LogP contribution is -2.41. The quantitative estimate of drug-likeness (QED) is 0.519. The summed E-state index contributed by atoms with van der Waals surface area (Å²) in [4.78, 5) is 27.0. The first-order valence-electron chi connectivity index (χ1n) is 8.77. The van der Waals surface area contributed by atoms with Crippen LogP contribution in [-0.4, -0.2) is 60.2 Å². The zero-order valence-electron chi connectivity index (χ0n) is 14.6. The molecule has 2 fully saturated rings. The Balaban J connectivity index is 1.54. The Labute approximate surface area is 152 Å². The first-order chi connectivity index (χ1) is 12.4. The van der Waals surface area contributed by atoms with E-state index in [1.165, 1.54) is 0 Å². The third kappa shape index (κ3) is 4.32. The van der Waals surface area contributed by atoms with Crippen molar-refractivity contribution in [2.75, 3.05) is 31.1 Å². The molecule has 8 nitrogen and oxygen atoms in total. The second-order valence-corrected chi connectivity index (χ2v) is 6.90. The van der Waals surface area contributed by atoms with Gasteiger partial charge in [-0.1, -0.05) is 12.1 Å². The van der Waals surface area contributed by atoms with Crippen molar-refractivity contribution in [2.45, 2.75) is 25.4 Å². The number of cyclic esters (lactones) is 1. The Morgan fingerprint density at radius 1 is 1.27 bits per heavy atom. The number of hydrogen-bond acceptors (Lipinski definition) is 5. The summed E-state index contributed by atoms with van der Waals surface area (Å²) in [5.74, 6) is -0.885. The Morgan fingerprint density at radius 3 is 2.50 bits per heavy atom. The maximum atomic E-state index is 12.2. The van der Waals surface area contributed by atoms with E-state index in [0.717, 1.165) is 11.3 Å². The number of nitrogens with one attached hydrogen (secondary N) is 1. The predicted molar refractivity (Wildman–Crippen MR) is 96.5 cm³/mol. The van der Waals surface area contributed by atoms with Crippen LogP contribution in [0.15, 0.2) is 24.3 Å². The minimum Gasteiger partial charge on any atom is -0.481 e. The van der Waals surface area contributed by atoms with E-state index >= 15 is 0 Å². The van der Waals surface area contributed by atoms with Gasteiger partial charge in [0, 0.05) is 18.7 Å². The highest BCUT2D eigenvalue weighted by molar-refractivity contribution is 5.89.